The van der Waals surface area contributed by atoms with Gasteiger partial charge in [0.25, 0.3) is 0 Å². The lowest BCUT2D eigenvalue weighted by molar-refractivity contribution is -0.167. The maximum atomic E-state index is 12.9. The fourth-order valence-electron chi connectivity index (χ4n) is 10.2. The number of allylic oxidation sites excluding steroid dienone is 10. The fourth-order valence-corrected chi connectivity index (χ4v) is 10.2. The van der Waals surface area contributed by atoms with Gasteiger partial charge in [-0.3, -0.25) is 14.4 Å². The number of carbonyl (C=O) groups is 3. The topological polar surface area (TPSA) is 78.9 Å². The molecule has 0 aromatic heterocycles. The molecule has 0 fully saturated rings. The van der Waals surface area contributed by atoms with Gasteiger partial charge in [0.1, 0.15) is 13.2 Å². The molecule has 6 nitrogen and oxygen atoms in total. The Morgan fingerprint density at radius 1 is 0.253 bits per heavy atom. The number of hydrogen-bond acceptors (Lipinski definition) is 6. The van der Waals surface area contributed by atoms with E-state index in [1.54, 1.807) is 0 Å². The first kappa shape index (κ1) is 76.1. The highest BCUT2D eigenvalue weighted by Gasteiger charge is 2.19. The highest BCUT2D eigenvalue weighted by molar-refractivity contribution is 5.71. The molecule has 0 bridgehead atoms. The minimum absolute atomic E-state index is 0.0773. The van der Waals surface area contributed by atoms with E-state index in [-0.39, 0.29) is 31.1 Å². The van der Waals surface area contributed by atoms with E-state index in [0.717, 1.165) is 83.5 Å². The van der Waals surface area contributed by atoms with Crippen molar-refractivity contribution in [3.8, 4) is 0 Å². The van der Waals surface area contributed by atoms with Crippen LogP contribution in [0.3, 0.4) is 0 Å². The SMILES string of the molecule is CCCC/C=C\CCCCCCCC(=O)OCC(COC(=O)CCCCCCCCCCCCCCCCC/C=C\CCCCCCCCCC)OC(=O)CCCCCCCCCC/C=C\C/C=C\C/C=C\CCCCCCC. The van der Waals surface area contributed by atoms with E-state index in [9.17, 15) is 14.4 Å². The number of ether oxygens (including phenoxy) is 3. The molecule has 0 radical (unpaired) electrons. The summed E-state index contributed by atoms with van der Waals surface area (Å²) in [6, 6.07) is 0. The zero-order valence-electron chi connectivity index (χ0n) is 52.9. The molecule has 79 heavy (non-hydrogen) atoms. The van der Waals surface area contributed by atoms with Gasteiger partial charge in [-0.1, -0.05) is 306 Å². The van der Waals surface area contributed by atoms with Crippen LogP contribution in [0.25, 0.3) is 0 Å². The van der Waals surface area contributed by atoms with Crippen LogP contribution in [0.2, 0.25) is 0 Å². The molecule has 460 valence electrons. The van der Waals surface area contributed by atoms with Gasteiger partial charge in [-0.2, -0.15) is 0 Å². The molecule has 0 N–H and O–H groups in total. The number of hydrogen-bond donors (Lipinski definition) is 0. The molecular formula is C73H132O6. The van der Waals surface area contributed by atoms with Crippen molar-refractivity contribution in [2.24, 2.45) is 0 Å². The van der Waals surface area contributed by atoms with Crippen LogP contribution in [0, 0.1) is 0 Å². The third-order valence-corrected chi connectivity index (χ3v) is 15.5. The van der Waals surface area contributed by atoms with Crippen LogP contribution >= 0.6 is 0 Å². The first-order chi connectivity index (χ1) is 39.0. The van der Waals surface area contributed by atoms with Crippen molar-refractivity contribution in [1.82, 2.24) is 0 Å². The number of unbranched alkanes of at least 4 members (excludes halogenated alkanes) is 43. The minimum Gasteiger partial charge on any atom is -0.462 e. The smallest absolute Gasteiger partial charge is 0.306 e. The van der Waals surface area contributed by atoms with E-state index in [2.05, 4.69) is 81.5 Å². The van der Waals surface area contributed by atoms with Gasteiger partial charge < -0.3 is 14.2 Å². The Morgan fingerprint density at radius 3 is 0.759 bits per heavy atom. The summed E-state index contributed by atoms with van der Waals surface area (Å²) < 4.78 is 16.9. The van der Waals surface area contributed by atoms with Crippen molar-refractivity contribution in [1.29, 1.82) is 0 Å². The predicted octanol–water partition coefficient (Wildman–Crippen LogP) is 23.9. The van der Waals surface area contributed by atoms with Gasteiger partial charge in [0.2, 0.25) is 0 Å². The highest BCUT2D eigenvalue weighted by atomic mass is 16.6. The quantitative estimate of drug-likeness (QED) is 0.0261. The molecule has 0 aromatic rings. The van der Waals surface area contributed by atoms with Crippen molar-refractivity contribution in [2.45, 2.75) is 374 Å². The summed E-state index contributed by atoms with van der Waals surface area (Å²) in [5.41, 5.74) is 0. The molecule has 0 aromatic carbocycles. The maximum Gasteiger partial charge on any atom is 0.306 e. The molecule has 0 spiro atoms. The Morgan fingerprint density at radius 2 is 0.468 bits per heavy atom. The maximum absolute atomic E-state index is 12.9. The zero-order valence-corrected chi connectivity index (χ0v) is 52.9. The van der Waals surface area contributed by atoms with E-state index >= 15 is 0 Å². The number of rotatable bonds is 64. The molecule has 0 saturated heterocycles. The van der Waals surface area contributed by atoms with Crippen molar-refractivity contribution in [3.05, 3.63) is 60.8 Å². The molecule has 0 amide bonds. The fraction of sp³-hybridized carbons (Fsp3) is 0.822. The summed E-state index contributed by atoms with van der Waals surface area (Å²) in [7, 11) is 0. The summed E-state index contributed by atoms with van der Waals surface area (Å²) in [5.74, 6) is -0.876. The standard InChI is InChI=1S/C73H132O6/c1-4-7-10-13-16-19-22-24-26-28-30-32-34-35-36-37-39-40-42-44-46-48-51-54-57-60-63-66-72(75)78-69-70(68-77-71(74)65-62-59-56-53-50-21-18-15-12-9-6-3)79-73(76)67-64-61-58-55-52-49-47-45-43-41-38-33-31-29-27-25-23-20-17-14-11-8-5-2/h15,18,23,25,28-31,38,41,70H,4-14,16-17,19-22,24,26-27,32-37,39-40,42-69H2,1-3H3/b18-15-,25-23-,30-28-,31-29-,41-38-. The minimum atomic E-state index is -0.782. The second kappa shape index (κ2) is 67.6. The van der Waals surface area contributed by atoms with Gasteiger partial charge in [-0.05, 0) is 103 Å². The Kier molecular flexibility index (Phi) is 65.1. The Balaban J connectivity index is 4.21. The number of carbonyl (C=O) groups excluding carboxylic acids is 3. The van der Waals surface area contributed by atoms with E-state index in [4.69, 9.17) is 14.2 Å². The van der Waals surface area contributed by atoms with E-state index in [1.165, 1.54) is 244 Å². The second-order valence-corrected chi connectivity index (χ2v) is 23.4. The summed E-state index contributed by atoms with van der Waals surface area (Å²) in [4.78, 5) is 38.3. The Labute approximate surface area is 491 Å². The van der Waals surface area contributed by atoms with Gasteiger partial charge in [-0.15, -0.1) is 0 Å². The average Bonchev–Trinajstić information content (AvgIpc) is 3.45. The normalized spacial score (nSPS) is 12.4. The Bertz CT molecular complexity index is 1410. The van der Waals surface area contributed by atoms with Crippen LogP contribution in [-0.4, -0.2) is 37.2 Å². The highest BCUT2D eigenvalue weighted by Crippen LogP contribution is 2.17. The molecule has 6 heteroatoms. The third kappa shape index (κ3) is 65.8. The Hall–Kier alpha value is -2.89. The molecule has 1 atom stereocenters. The third-order valence-electron chi connectivity index (χ3n) is 15.5. The van der Waals surface area contributed by atoms with Crippen LogP contribution in [0.1, 0.15) is 367 Å². The van der Waals surface area contributed by atoms with Crippen LogP contribution in [-0.2, 0) is 28.6 Å². The molecule has 0 rings (SSSR count). The number of esters is 3. The first-order valence-corrected chi connectivity index (χ1v) is 34.8. The van der Waals surface area contributed by atoms with Crippen LogP contribution < -0.4 is 0 Å². The first-order valence-electron chi connectivity index (χ1n) is 34.8. The predicted molar refractivity (Wildman–Crippen MR) is 344 cm³/mol. The largest absolute Gasteiger partial charge is 0.462 e. The van der Waals surface area contributed by atoms with Gasteiger partial charge in [0.05, 0.1) is 0 Å². The lowest BCUT2D eigenvalue weighted by atomic mass is 10.0. The van der Waals surface area contributed by atoms with Gasteiger partial charge in [-0.25, -0.2) is 0 Å². The van der Waals surface area contributed by atoms with Crippen LogP contribution in [0.4, 0.5) is 0 Å². The van der Waals surface area contributed by atoms with Crippen molar-refractivity contribution in [3.63, 3.8) is 0 Å². The van der Waals surface area contributed by atoms with Crippen molar-refractivity contribution in [2.75, 3.05) is 13.2 Å². The van der Waals surface area contributed by atoms with Gasteiger partial charge in [0, 0.05) is 19.3 Å². The van der Waals surface area contributed by atoms with Crippen molar-refractivity contribution >= 4 is 17.9 Å². The summed E-state index contributed by atoms with van der Waals surface area (Å²) >= 11 is 0. The summed E-state index contributed by atoms with van der Waals surface area (Å²) in [6.45, 7) is 6.63. The molecule has 0 saturated carbocycles. The monoisotopic (exact) mass is 1110 g/mol. The van der Waals surface area contributed by atoms with E-state index in [0.29, 0.717) is 19.3 Å². The van der Waals surface area contributed by atoms with E-state index < -0.39 is 6.10 Å². The molecule has 0 aliphatic rings. The van der Waals surface area contributed by atoms with Gasteiger partial charge in [0.15, 0.2) is 6.10 Å². The van der Waals surface area contributed by atoms with Gasteiger partial charge >= 0.3 is 17.9 Å². The molecule has 0 aliphatic heterocycles. The van der Waals surface area contributed by atoms with Crippen molar-refractivity contribution < 1.29 is 28.6 Å². The lowest BCUT2D eigenvalue weighted by Gasteiger charge is -2.18. The summed E-state index contributed by atoms with van der Waals surface area (Å²) in [5, 5.41) is 0. The lowest BCUT2D eigenvalue weighted by Crippen LogP contribution is -2.30. The molecule has 1 unspecified atom stereocenters. The zero-order chi connectivity index (χ0) is 57.1. The second-order valence-electron chi connectivity index (χ2n) is 23.4. The molecular weight excluding hydrogens is 973 g/mol. The average molecular weight is 1110 g/mol. The molecule has 0 aliphatic carbocycles. The molecule has 0 heterocycles. The van der Waals surface area contributed by atoms with Crippen LogP contribution in [0.15, 0.2) is 60.8 Å². The van der Waals surface area contributed by atoms with Crippen LogP contribution in [0.5, 0.6) is 0 Å². The summed E-state index contributed by atoms with van der Waals surface area (Å²) in [6.07, 6.45) is 86.8. The van der Waals surface area contributed by atoms with E-state index in [1.807, 2.05) is 0 Å².